The van der Waals surface area contributed by atoms with Crippen molar-refractivity contribution in [1.29, 1.82) is 0 Å². The number of ketones is 2. The van der Waals surface area contributed by atoms with E-state index in [-0.39, 0.29) is 34.2 Å². The van der Waals surface area contributed by atoms with Crippen molar-refractivity contribution in [3.05, 3.63) is 58.7 Å². The average Bonchev–Trinajstić information content (AvgIpc) is 2.42. The molecule has 21 heavy (non-hydrogen) atoms. The van der Waals surface area contributed by atoms with Crippen molar-refractivity contribution in [2.45, 2.75) is 20.3 Å². The first-order valence-electron chi connectivity index (χ1n) is 6.54. The normalized spacial score (nSPS) is 10.4. The molecule has 0 aromatic heterocycles. The van der Waals surface area contributed by atoms with E-state index in [2.05, 4.69) is 0 Å². The molecule has 108 valence electrons. The van der Waals surface area contributed by atoms with Crippen molar-refractivity contribution in [1.82, 2.24) is 0 Å². The molecule has 4 heteroatoms. The maximum absolute atomic E-state index is 11.4. The molecule has 0 unspecified atom stereocenters. The first kappa shape index (κ1) is 14.8. The first-order chi connectivity index (χ1) is 9.88. The van der Waals surface area contributed by atoms with E-state index in [1.165, 1.54) is 26.0 Å². The molecule has 2 aromatic rings. The number of carbonyl (C=O) groups is 2. The zero-order chi connectivity index (χ0) is 15.6. The maximum atomic E-state index is 11.4. The van der Waals surface area contributed by atoms with E-state index in [4.69, 9.17) is 0 Å². The second-order valence-electron chi connectivity index (χ2n) is 4.99. The van der Waals surface area contributed by atoms with Crippen LogP contribution in [0.4, 0.5) is 0 Å². The third-order valence-electron chi connectivity index (χ3n) is 3.29. The van der Waals surface area contributed by atoms with Crippen molar-refractivity contribution in [3.8, 4) is 11.5 Å². The molecular weight excluding hydrogens is 268 g/mol. The Kier molecular flexibility index (Phi) is 4.08. The predicted octanol–water partition coefficient (Wildman–Crippen LogP) is 3.09. The summed E-state index contributed by atoms with van der Waals surface area (Å²) in [5.74, 6) is -0.489. The standard InChI is InChI=1S/C17H16O4/c1-10(18)14-8-12(3-5-16(14)20)7-13-4-6-17(21)15(9-13)11(2)19/h3-6,8-9,20-21H,7H2,1-2H3. The van der Waals surface area contributed by atoms with Gasteiger partial charge in [0.2, 0.25) is 0 Å². The molecule has 0 spiro atoms. The Morgan fingerprint density at radius 1 is 0.810 bits per heavy atom. The number of carbonyl (C=O) groups excluding carboxylic acids is 2. The van der Waals surface area contributed by atoms with E-state index in [0.29, 0.717) is 6.42 Å². The van der Waals surface area contributed by atoms with Crippen LogP contribution in [0.15, 0.2) is 36.4 Å². The Bertz CT molecular complexity index is 655. The molecule has 0 atom stereocenters. The molecule has 0 aliphatic rings. The van der Waals surface area contributed by atoms with E-state index >= 15 is 0 Å². The van der Waals surface area contributed by atoms with Gasteiger partial charge in [0.1, 0.15) is 11.5 Å². The quantitative estimate of drug-likeness (QED) is 0.846. The van der Waals surface area contributed by atoms with E-state index in [9.17, 15) is 19.8 Å². The summed E-state index contributed by atoms with van der Waals surface area (Å²) in [6.07, 6.45) is 0.501. The smallest absolute Gasteiger partial charge is 0.163 e. The van der Waals surface area contributed by atoms with Crippen LogP contribution in [0.25, 0.3) is 0 Å². The molecule has 4 nitrogen and oxygen atoms in total. The van der Waals surface area contributed by atoms with Crippen LogP contribution < -0.4 is 0 Å². The van der Waals surface area contributed by atoms with E-state index < -0.39 is 0 Å². The number of aromatic hydroxyl groups is 2. The maximum Gasteiger partial charge on any atom is 0.163 e. The van der Waals surface area contributed by atoms with Crippen LogP contribution in [0.5, 0.6) is 11.5 Å². The number of phenolic OH excluding ortho intramolecular Hbond substituents is 2. The van der Waals surface area contributed by atoms with Gasteiger partial charge in [-0.25, -0.2) is 0 Å². The van der Waals surface area contributed by atoms with Crippen molar-refractivity contribution in [3.63, 3.8) is 0 Å². The molecule has 0 saturated carbocycles. The van der Waals surface area contributed by atoms with Gasteiger partial charge < -0.3 is 10.2 Å². The molecular formula is C17H16O4. The van der Waals surface area contributed by atoms with Crippen molar-refractivity contribution >= 4 is 11.6 Å². The van der Waals surface area contributed by atoms with Gasteiger partial charge in [0.15, 0.2) is 11.6 Å². The van der Waals surface area contributed by atoms with Crippen LogP contribution in [0.3, 0.4) is 0 Å². The van der Waals surface area contributed by atoms with E-state index in [1.54, 1.807) is 24.3 Å². The number of Topliss-reactive ketones (excluding diaryl/α,β-unsaturated/α-hetero) is 2. The van der Waals surface area contributed by atoms with Gasteiger partial charge in [-0.15, -0.1) is 0 Å². The first-order valence-corrected chi connectivity index (χ1v) is 6.54. The molecule has 0 heterocycles. The van der Waals surface area contributed by atoms with Crippen LogP contribution in [-0.2, 0) is 6.42 Å². The van der Waals surface area contributed by atoms with E-state index in [0.717, 1.165) is 11.1 Å². The minimum absolute atomic E-state index is 0.0404. The summed E-state index contributed by atoms with van der Waals surface area (Å²) in [7, 11) is 0. The highest BCUT2D eigenvalue weighted by Crippen LogP contribution is 2.23. The topological polar surface area (TPSA) is 74.6 Å². The van der Waals surface area contributed by atoms with Crippen molar-refractivity contribution in [2.75, 3.05) is 0 Å². The number of hydrogen-bond donors (Lipinski definition) is 2. The zero-order valence-electron chi connectivity index (χ0n) is 11.9. The number of rotatable bonds is 4. The van der Waals surface area contributed by atoms with Gasteiger partial charge in [0.25, 0.3) is 0 Å². The lowest BCUT2D eigenvalue weighted by molar-refractivity contribution is 0.100. The number of hydrogen-bond acceptors (Lipinski definition) is 4. The van der Waals surface area contributed by atoms with Crippen molar-refractivity contribution in [2.24, 2.45) is 0 Å². The molecule has 0 fully saturated rings. The summed E-state index contributed by atoms with van der Waals surface area (Å²) >= 11 is 0. The van der Waals surface area contributed by atoms with E-state index in [1.807, 2.05) is 0 Å². The SMILES string of the molecule is CC(=O)c1cc(Cc2ccc(O)c(C(C)=O)c2)ccc1O. The van der Waals surface area contributed by atoms with Gasteiger partial charge in [-0.05, 0) is 55.7 Å². The molecule has 0 aliphatic carbocycles. The van der Waals surface area contributed by atoms with Gasteiger partial charge in [0.05, 0.1) is 11.1 Å². The van der Waals surface area contributed by atoms with Crippen LogP contribution in [0.1, 0.15) is 45.7 Å². The lowest BCUT2D eigenvalue weighted by Crippen LogP contribution is -1.98. The lowest BCUT2D eigenvalue weighted by atomic mass is 9.98. The highest BCUT2D eigenvalue weighted by molar-refractivity contribution is 5.97. The zero-order valence-corrected chi connectivity index (χ0v) is 11.9. The highest BCUT2D eigenvalue weighted by atomic mass is 16.3. The Hall–Kier alpha value is -2.62. The summed E-state index contributed by atoms with van der Waals surface area (Å²) in [5.41, 5.74) is 2.24. The molecule has 2 aromatic carbocycles. The van der Waals surface area contributed by atoms with Crippen LogP contribution in [0.2, 0.25) is 0 Å². The third-order valence-corrected chi connectivity index (χ3v) is 3.29. The fraction of sp³-hybridized carbons (Fsp3) is 0.176. The summed E-state index contributed by atoms with van der Waals surface area (Å²) in [5, 5.41) is 19.3. The molecule has 0 amide bonds. The van der Waals surface area contributed by atoms with Crippen LogP contribution in [-0.4, -0.2) is 21.8 Å². The molecule has 0 bridgehead atoms. The Labute approximate surface area is 122 Å². The molecule has 0 saturated heterocycles. The second-order valence-corrected chi connectivity index (χ2v) is 4.99. The predicted molar refractivity (Wildman–Crippen MR) is 79.0 cm³/mol. The van der Waals surface area contributed by atoms with Gasteiger partial charge in [-0.2, -0.15) is 0 Å². The van der Waals surface area contributed by atoms with Crippen LogP contribution >= 0.6 is 0 Å². The highest BCUT2D eigenvalue weighted by Gasteiger charge is 2.10. The van der Waals surface area contributed by atoms with Gasteiger partial charge in [-0.1, -0.05) is 12.1 Å². The molecule has 2 rings (SSSR count). The van der Waals surface area contributed by atoms with Crippen molar-refractivity contribution < 1.29 is 19.8 Å². The summed E-state index contributed by atoms with van der Waals surface area (Å²) in [6, 6.07) is 9.69. The largest absolute Gasteiger partial charge is 0.507 e. The third kappa shape index (κ3) is 3.28. The molecule has 0 radical (unpaired) electrons. The molecule has 0 aliphatic heterocycles. The fourth-order valence-corrected chi connectivity index (χ4v) is 2.19. The Morgan fingerprint density at radius 3 is 1.52 bits per heavy atom. The Balaban J connectivity index is 2.34. The van der Waals surface area contributed by atoms with Gasteiger partial charge in [0, 0.05) is 0 Å². The minimum Gasteiger partial charge on any atom is -0.507 e. The minimum atomic E-state index is -0.204. The van der Waals surface area contributed by atoms with Gasteiger partial charge >= 0.3 is 0 Å². The monoisotopic (exact) mass is 284 g/mol. The fourth-order valence-electron chi connectivity index (χ4n) is 2.19. The molecule has 2 N–H and O–H groups in total. The van der Waals surface area contributed by atoms with Crippen LogP contribution in [0, 0.1) is 0 Å². The summed E-state index contributed by atoms with van der Waals surface area (Å²) in [4.78, 5) is 22.8. The lowest BCUT2D eigenvalue weighted by Gasteiger charge is -2.08. The number of benzene rings is 2. The summed E-state index contributed by atoms with van der Waals surface area (Å²) in [6.45, 7) is 2.79. The Morgan fingerprint density at radius 2 is 1.19 bits per heavy atom. The van der Waals surface area contributed by atoms with Gasteiger partial charge in [-0.3, -0.25) is 9.59 Å². The average molecular weight is 284 g/mol. The number of phenols is 2. The summed E-state index contributed by atoms with van der Waals surface area (Å²) < 4.78 is 0. The second kappa shape index (κ2) is 5.79.